The van der Waals surface area contributed by atoms with Gasteiger partial charge in [0.05, 0.1) is 29.7 Å². The van der Waals surface area contributed by atoms with E-state index < -0.39 is 11.6 Å². The van der Waals surface area contributed by atoms with E-state index in [2.05, 4.69) is 4.98 Å². The molecule has 8 heteroatoms. The number of methoxy groups -OCH3 is 1. The molecule has 1 aromatic heterocycles. The molecule has 3 rings (SSSR count). The number of benzene rings is 1. The molecular formula is C19H26N4O4. The van der Waals surface area contributed by atoms with Crippen molar-refractivity contribution in [3.8, 4) is 0 Å². The molecule has 0 aliphatic carbocycles. The minimum atomic E-state index is -0.533. The number of nitrogens with zero attached hydrogens (tertiary/aromatic N) is 3. The van der Waals surface area contributed by atoms with E-state index in [1.165, 1.54) is 7.11 Å². The summed E-state index contributed by atoms with van der Waals surface area (Å²) in [6.45, 7) is 6.72. The number of carbonyl (C=O) groups is 2. The van der Waals surface area contributed by atoms with Crippen molar-refractivity contribution >= 4 is 29.0 Å². The zero-order valence-electron chi connectivity index (χ0n) is 16.2. The number of rotatable bonds is 2. The summed E-state index contributed by atoms with van der Waals surface area (Å²) in [7, 11) is 1.34. The third kappa shape index (κ3) is 3.99. The van der Waals surface area contributed by atoms with Crippen molar-refractivity contribution in [2.24, 2.45) is 0 Å². The number of anilines is 1. The normalized spacial score (nSPS) is 17.8. The molecule has 1 aliphatic rings. The Balaban J connectivity index is 1.87. The van der Waals surface area contributed by atoms with Crippen LogP contribution in [0.4, 0.5) is 10.7 Å². The highest BCUT2D eigenvalue weighted by Crippen LogP contribution is 2.30. The van der Waals surface area contributed by atoms with E-state index >= 15 is 0 Å². The Morgan fingerprint density at radius 2 is 2.04 bits per heavy atom. The number of amides is 1. The lowest BCUT2D eigenvalue weighted by Gasteiger charge is -2.35. The standard InChI is InChI=1S/C19H26N4O4/c1-19(2,3)27-18(25)22-9-5-6-13(11-22)23-15-8-7-12(16(24)26-4)10-14(15)21-17(23)20/h7-8,10,13H,5-6,9,11H2,1-4H3,(H2,20,21). The van der Waals surface area contributed by atoms with Crippen molar-refractivity contribution in [3.63, 3.8) is 0 Å². The average Bonchev–Trinajstić information content (AvgIpc) is 2.94. The van der Waals surface area contributed by atoms with Gasteiger partial charge >= 0.3 is 12.1 Å². The number of hydrogen-bond donors (Lipinski definition) is 1. The van der Waals surface area contributed by atoms with Crippen molar-refractivity contribution < 1.29 is 19.1 Å². The van der Waals surface area contributed by atoms with E-state index in [4.69, 9.17) is 15.2 Å². The molecule has 1 unspecified atom stereocenters. The van der Waals surface area contributed by atoms with Crippen LogP contribution in [-0.4, -0.2) is 52.3 Å². The smallest absolute Gasteiger partial charge is 0.410 e. The minimum absolute atomic E-state index is 0.000227. The van der Waals surface area contributed by atoms with Crippen LogP contribution in [0.2, 0.25) is 0 Å². The van der Waals surface area contributed by atoms with Crippen LogP contribution >= 0.6 is 0 Å². The van der Waals surface area contributed by atoms with E-state index in [0.29, 0.717) is 30.1 Å². The van der Waals surface area contributed by atoms with Gasteiger partial charge in [-0.05, 0) is 51.8 Å². The first kappa shape index (κ1) is 19.0. The summed E-state index contributed by atoms with van der Waals surface area (Å²) in [4.78, 5) is 30.3. The van der Waals surface area contributed by atoms with Crippen molar-refractivity contribution in [1.29, 1.82) is 0 Å². The highest BCUT2D eigenvalue weighted by Gasteiger charge is 2.30. The molecule has 1 atom stereocenters. The maximum atomic E-state index is 12.4. The fourth-order valence-electron chi connectivity index (χ4n) is 3.40. The largest absolute Gasteiger partial charge is 0.465 e. The van der Waals surface area contributed by atoms with Crippen LogP contribution in [0.3, 0.4) is 0 Å². The molecule has 2 N–H and O–H groups in total. The lowest BCUT2D eigenvalue weighted by Crippen LogP contribution is -2.43. The Morgan fingerprint density at radius 1 is 1.30 bits per heavy atom. The summed E-state index contributed by atoms with van der Waals surface area (Å²) in [6, 6.07) is 5.18. The number of imidazole rings is 1. The lowest BCUT2D eigenvalue weighted by atomic mass is 10.1. The van der Waals surface area contributed by atoms with Gasteiger partial charge in [-0.15, -0.1) is 0 Å². The maximum absolute atomic E-state index is 12.4. The summed E-state index contributed by atoms with van der Waals surface area (Å²) < 4.78 is 12.2. The quantitative estimate of drug-likeness (QED) is 0.811. The summed E-state index contributed by atoms with van der Waals surface area (Å²) in [5.41, 5.74) is 7.52. The molecule has 0 bridgehead atoms. The van der Waals surface area contributed by atoms with Crippen LogP contribution in [0.1, 0.15) is 50.0 Å². The van der Waals surface area contributed by atoms with Crippen molar-refractivity contribution in [2.75, 3.05) is 25.9 Å². The molecule has 146 valence electrons. The zero-order valence-corrected chi connectivity index (χ0v) is 16.2. The monoisotopic (exact) mass is 374 g/mol. The molecule has 1 fully saturated rings. The fourth-order valence-corrected chi connectivity index (χ4v) is 3.40. The van der Waals surface area contributed by atoms with Crippen molar-refractivity contribution in [2.45, 2.75) is 45.3 Å². The van der Waals surface area contributed by atoms with Crippen LogP contribution in [-0.2, 0) is 9.47 Å². The van der Waals surface area contributed by atoms with Gasteiger partial charge in [0.2, 0.25) is 5.95 Å². The highest BCUT2D eigenvalue weighted by atomic mass is 16.6. The summed E-state index contributed by atoms with van der Waals surface area (Å²) in [5, 5.41) is 0. The van der Waals surface area contributed by atoms with Crippen LogP contribution in [0.25, 0.3) is 11.0 Å². The Kier molecular flexibility index (Phi) is 4.99. The fraction of sp³-hybridized carbons (Fsp3) is 0.526. The molecule has 1 aliphatic heterocycles. The molecule has 1 amide bonds. The van der Waals surface area contributed by atoms with E-state index in [1.807, 2.05) is 31.4 Å². The number of ether oxygens (including phenoxy) is 2. The number of hydrogen-bond acceptors (Lipinski definition) is 6. The molecule has 0 saturated carbocycles. The van der Waals surface area contributed by atoms with E-state index in [9.17, 15) is 9.59 Å². The summed E-state index contributed by atoms with van der Waals surface area (Å²) >= 11 is 0. The first-order chi connectivity index (χ1) is 12.7. The van der Waals surface area contributed by atoms with E-state index in [0.717, 1.165) is 18.4 Å². The molecule has 1 aromatic carbocycles. The Morgan fingerprint density at radius 3 is 2.70 bits per heavy atom. The van der Waals surface area contributed by atoms with Gasteiger partial charge in [-0.3, -0.25) is 0 Å². The Hall–Kier alpha value is -2.77. The maximum Gasteiger partial charge on any atom is 0.410 e. The number of esters is 1. The molecule has 0 radical (unpaired) electrons. The van der Waals surface area contributed by atoms with Crippen LogP contribution in [0.5, 0.6) is 0 Å². The number of carbonyl (C=O) groups excluding carboxylic acids is 2. The Labute approximate surface area is 158 Å². The Bertz CT molecular complexity index is 868. The number of likely N-dealkylation sites (tertiary alicyclic amines) is 1. The molecular weight excluding hydrogens is 348 g/mol. The number of nitrogen functional groups attached to an aromatic ring is 1. The predicted octanol–water partition coefficient (Wildman–Crippen LogP) is 2.98. The van der Waals surface area contributed by atoms with E-state index in [-0.39, 0.29) is 12.1 Å². The minimum Gasteiger partial charge on any atom is -0.465 e. The second-order valence-corrected chi connectivity index (χ2v) is 7.76. The molecule has 8 nitrogen and oxygen atoms in total. The predicted molar refractivity (Wildman–Crippen MR) is 102 cm³/mol. The van der Waals surface area contributed by atoms with Gasteiger partial charge in [-0.2, -0.15) is 0 Å². The SMILES string of the molecule is COC(=O)c1ccc2c(c1)nc(N)n2C1CCCN(C(=O)OC(C)(C)C)C1. The van der Waals surface area contributed by atoms with Gasteiger partial charge in [-0.1, -0.05) is 0 Å². The number of aromatic nitrogens is 2. The molecule has 2 aromatic rings. The topological polar surface area (TPSA) is 99.7 Å². The first-order valence-corrected chi connectivity index (χ1v) is 9.03. The number of nitrogens with two attached hydrogens (primary N) is 1. The molecule has 0 spiro atoms. The van der Waals surface area contributed by atoms with Gasteiger partial charge in [0.15, 0.2) is 0 Å². The van der Waals surface area contributed by atoms with E-state index in [1.54, 1.807) is 17.0 Å². The number of fused-ring (bicyclic) bond motifs is 1. The third-order valence-electron chi connectivity index (χ3n) is 4.55. The first-order valence-electron chi connectivity index (χ1n) is 9.03. The molecule has 27 heavy (non-hydrogen) atoms. The van der Waals surface area contributed by atoms with Crippen LogP contribution < -0.4 is 5.73 Å². The van der Waals surface area contributed by atoms with Gasteiger partial charge in [0, 0.05) is 13.1 Å². The lowest BCUT2D eigenvalue weighted by molar-refractivity contribution is 0.0175. The molecule has 2 heterocycles. The second-order valence-electron chi connectivity index (χ2n) is 7.76. The zero-order chi connectivity index (χ0) is 19.8. The average molecular weight is 374 g/mol. The molecule has 1 saturated heterocycles. The van der Waals surface area contributed by atoms with Gasteiger partial charge in [-0.25, -0.2) is 14.6 Å². The van der Waals surface area contributed by atoms with Crippen LogP contribution in [0, 0.1) is 0 Å². The number of piperidine rings is 1. The van der Waals surface area contributed by atoms with Gasteiger partial charge in [0.1, 0.15) is 5.60 Å². The van der Waals surface area contributed by atoms with Crippen LogP contribution in [0.15, 0.2) is 18.2 Å². The van der Waals surface area contributed by atoms with Gasteiger partial charge < -0.3 is 24.7 Å². The van der Waals surface area contributed by atoms with Crippen molar-refractivity contribution in [3.05, 3.63) is 23.8 Å². The summed E-state index contributed by atoms with van der Waals surface area (Å²) in [5.74, 6) is -0.0538. The second kappa shape index (κ2) is 7.09. The van der Waals surface area contributed by atoms with Crippen molar-refractivity contribution in [1.82, 2.24) is 14.5 Å². The highest BCUT2D eigenvalue weighted by molar-refractivity contribution is 5.94. The third-order valence-corrected chi connectivity index (χ3v) is 4.55. The van der Waals surface area contributed by atoms with Gasteiger partial charge in [0.25, 0.3) is 0 Å². The summed E-state index contributed by atoms with van der Waals surface area (Å²) in [6.07, 6.45) is 1.42.